The van der Waals surface area contributed by atoms with E-state index in [0.29, 0.717) is 5.92 Å². The van der Waals surface area contributed by atoms with Crippen molar-refractivity contribution < 1.29 is 8.78 Å². The molecular formula is C13H26F2N2. The highest BCUT2D eigenvalue weighted by Gasteiger charge is 2.36. The van der Waals surface area contributed by atoms with E-state index in [9.17, 15) is 8.78 Å². The van der Waals surface area contributed by atoms with Crippen LogP contribution in [0.4, 0.5) is 8.78 Å². The van der Waals surface area contributed by atoms with Gasteiger partial charge >= 0.3 is 0 Å². The third-order valence-corrected chi connectivity index (χ3v) is 4.09. The van der Waals surface area contributed by atoms with Gasteiger partial charge in [-0.1, -0.05) is 20.8 Å². The van der Waals surface area contributed by atoms with E-state index in [0.717, 1.165) is 19.3 Å². The molecule has 1 fully saturated rings. The van der Waals surface area contributed by atoms with Crippen molar-refractivity contribution in [1.29, 1.82) is 0 Å². The van der Waals surface area contributed by atoms with E-state index in [4.69, 9.17) is 5.73 Å². The zero-order valence-corrected chi connectivity index (χ0v) is 11.4. The number of hydrogen-bond donors (Lipinski definition) is 1. The SMILES string of the molecule is CN(CC(F)F)C1CC(C(C)(C)C)CCC1N. The molecule has 0 aliphatic heterocycles. The number of nitrogens with two attached hydrogens (primary N) is 1. The summed E-state index contributed by atoms with van der Waals surface area (Å²) in [6.07, 6.45) is 0.722. The molecule has 17 heavy (non-hydrogen) atoms. The van der Waals surface area contributed by atoms with Crippen molar-refractivity contribution in [2.45, 2.75) is 58.5 Å². The van der Waals surface area contributed by atoms with Gasteiger partial charge in [-0.25, -0.2) is 8.78 Å². The van der Waals surface area contributed by atoms with E-state index in [2.05, 4.69) is 20.8 Å². The third kappa shape index (κ3) is 4.18. The first-order valence-electron chi connectivity index (χ1n) is 6.45. The molecule has 0 aromatic carbocycles. The molecular weight excluding hydrogens is 222 g/mol. The van der Waals surface area contributed by atoms with Gasteiger partial charge in [-0.2, -0.15) is 0 Å². The Hall–Kier alpha value is -0.220. The van der Waals surface area contributed by atoms with E-state index in [1.54, 1.807) is 11.9 Å². The molecule has 1 aliphatic carbocycles. The molecule has 102 valence electrons. The Morgan fingerprint density at radius 2 is 1.88 bits per heavy atom. The molecule has 0 bridgehead atoms. The molecule has 0 spiro atoms. The molecule has 0 saturated heterocycles. The van der Waals surface area contributed by atoms with Gasteiger partial charge in [-0.15, -0.1) is 0 Å². The first kappa shape index (κ1) is 14.8. The summed E-state index contributed by atoms with van der Waals surface area (Å²) in [7, 11) is 1.77. The maximum Gasteiger partial charge on any atom is 0.251 e. The summed E-state index contributed by atoms with van der Waals surface area (Å²) in [5.41, 5.74) is 6.31. The summed E-state index contributed by atoms with van der Waals surface area (Å²) < 4.78 is 24.8. The van der Waals surface area contributed by atoms with Crippen LogP contribution in [-0.4, -0.2) is 37.0 Å². The molecule has 0 heterocycles. The minimum Gasteiger partial charge on any atom is -0.326 e. The first-order valence-corrected chi connectivity index (χ1v) is 6.45. The Morgan fingerprint density at radius 3 is 2.35 bits per heavy atom. The molecule has 0 radical (unpaired) electrons. The van der Waals surface area contributed by atoms with E-state index in [-0.39, 0.29) is 24.0 Å². The molecule has 4 heteroatoms. The van der Waals surface area contributed by atoms with Gasteiger partial charge in [0, 0.05) is 12.1 Å². The Morgan fingerprint density at radius 1 is 1.29 bits per heavy atom. The summed E-state index contributed by atoms with van der Waals surface area (Å²) in [6.45, 7) is 6.49. The molecule has 3 atom stereocenters. The molecule has 2 nitrogen and oxygen atoms in total. The van der Waals surface area contributed by atoms with Crippen molar-refractivity contribution in [2.24, 2.45) is 17.1 Å². The van der Waals surface area contributed by atoms with Crippen molar-refractivity contribution >= 4 is 0 Å². The second-order valence-electron chi connectivity index (χ2n) is 6.44. The van der Waals surface area contributed by atoms with Crippen LogP contribution in [0, 0.1) is 11.3 Å². The topological polar surface area (TPSA) is 29.3 Å². The standard InChI is InChI=1S/C13H26F2N2/c1-13(2,3)9-5-6-10(16)11(7-9)17(4)8-12(14)15/h9-12H,5-8,16H2,1-4H3. The van der Waals surface area contributed by atoms with Gasteiger partial charge in [0.2, 0.25) is 0 Å². The largest absolute Gasteiger partial charge is 0.326 e. The summed E-state index contributed by atoms with van der Waals surface area (Å²) in [4.78, 5) is 1.74. The van der Waals surface area contributed by atoms with Gasteiger partial charge in [-0.05, 0) is 37.6 Å². The summed E-state index contributed by atoms with van der Waals surface area (Å²) >= 11 is 0. The number of likely N-dealkylation sites (N-methyl/N-ethyl adjacent to an activating group) is 1. The number of alkyl halides is 2. The average molecular weight is 248 g/mol. The first-order chi connectivity index (χ1) is 7.71. The van der Waals surface area contributed by atoms with Gasteiger partial charge in [0.25, 0.3) is 6.43 Å². The summed E-state index contributed by atoms with van der Waals surface area (Å²) in [5.74, 6) is 0.576. The van der Waals surface area contributed by atoms with Crippen molar-refractivity contribution in [1.82, 2.24) is 4.90 Å². The second kappa shape index (κ2) is 5.61. The molecule has 1 aliphatic rings. The fourth-order valence-corrected chi connectivity index (χ4v) is 2.82. The molecule has 3 unspecified atom stereocenters. The summed E-state index contributed by atoms with van der Waals surface area (Å²) in [6, 6.07) is 0.138. The Balaban J connectivity index is 2.63. The van der Waals surface area contributed by atoms with Crippen LogP contribution in [0.1, 0.15) is 40.0 Å². The van der Waals surface area contributed by atoms with Gasteiger partial charge in [0.1, 0.15) is 0 Å². The number of nitrogens with zero attached hydrogens (tertiary/aromatic N) is 1. The van der Waals surface area contributed by atoms with Crippen molar-refractivity contribution in [3.63, 3.8) is 0 Å². The lowest BCUT2D eigenvalue weighted by Crippen LogP contribution is -2.52. The average Bonchev–Trinajstić information content (AvgIpc) is 2.15. The third-order valence-electron chi connectivity index (χ3n) is 4.09. The van der Waals surface area contributed by atoms with Gasteiger partial charge < -0.3 is 5.73 Å². The predicted octanol–water partition coefficient (Wildman–Crippen LogP) is 2.73. The van der Waals surface area contributed by atoms with E-state index < -0.39 is 6.43 Å². The van der Waals surface area contributed by atoms with Crippen LogP contribution in [0.5, 0.6) is 0 Å². The van der Waals surface area contributed by atoms with Crippen LogP contribution in [0.2, 0.25) is 0 Å². The molecule has 0 aromatic rings. The molecule has 1 saturated carbocycles. The fraction of sp³-hybridized carbons (Fsp3) is 1.00. The molecule has 1 rings (SSSR count). The van der Waals surface area contributed by atoms with Gasteiger partial charge in [0.05, 0.1) is 6.54 Å². The minimum atomic E-state index is -2.28. The lowest BCUT2D eigenvalue weighted by atomic mass is 9.69. The monoisotopic (exact) mass is 248 g/mol. The quantitative estimate of drug-likeness (QED) is 0.832. The lowest BCUT2D eigenvalue weighted by Gasteiger charge is -2.44. The van der Waals surface area contributed by atoms with Crippen LogP contribution in [0.3, 0.4) is 0 Å². The number of hydrogen-bond acceptors (Lipinski definition) is 2. The van der Waals surface area contributed by atoms with Crippen LogP contribution < -0.4 is 5.73 Å². The Labute approximate surface area is 104 Å². The Bertz CT molecular complexity index is 238. The Kier molecular flexibility index (Phi) is 4.90. The maximum atomic E-state index is 12.4. The van der Waals surface area contributed by atoms with E-state index >= 15 is 0 Å². The van der Waals surface area contributed by atoms with Crippen LogP contribution >= 0.6 is 0 Å². The lowest BCUT2D eigenvalue weighted by molar-refractivity contribution is 0.0385. The van der Waals surface area contributed by atoms with Gasteiger partial charge in [0.15, 0.2) is 0 Å². The fourth-order valence-electron chi connectivity index (χ4n) is 2.82. The summed E-state index contributed by atoms with van der Waals surface area (Å²) in [5, 5.41) is 0. The highest BCUT2D eigenvalue weighted by atomic mass is 19.3. The minimum absolute atomic E-state index is 0.0392. The highest BCUT2D eigenvalue weighted by Crippen LogP contribution is 2.38. The normalized spacial score (nSPS) is 31.2. The van der Waals surface area contributed by atoms with E-state index in [1.807, 2.05) is 0 Å². The second-order valence-corrected chi connectivity index (χ2v) is 6.44. The van der Waals surface area contributed by atoms with Crippen LogP contribution in [0.15, 0.2) is 0 Å². The van der Waals surface area contributed by atoms with E-state index in [1.165, 1.54) is 0 Å². The molecule has 0 aromatic heterocycles. The van der Waals surface area contributed by atoms with Crippen molar-refractivity contribution in [2.75, 3.05) is 13.6 Å². The maximum absolute atomic E-state index is 12.4. The van der Waals surface area contributed by atoms with Gasteiger partial charge in [-0.3, -0.25) is 4.90 Å². The number of rotatable bonds is 3. The molecule has 0 amide bonds. The number of halogens is 2. The predicted molar refractivity (Wildman–Crippen MR) is 67.2 cm³/mol. The zero-order valence-electron chi connectivity index (χ0n) is 11.4. The van der Waals surface area contributed by atoms with Crippen molar-refractivity contribution in [3.8, 4) is 0 Å². The van der Waals surface area contributed by atoms with Crippen molar-refractivity contribution in [3.05, 3.63) is 0 Å². The van der Waals surface area contributed by atoms with Crippen LogP contribution in [-0.2, 0) is 0 Å². The van der Waals surface area contributed by atoms with Crippen LogP contribution in [0.25, 0.3) is 0 Å². The smallest absolute Gasteiger partial charge is 0.251 e. The molecule has 2 N–H and O–H groups in total. The highest BCUT2D eigenvalue weighted by molar-refractivity contribution is 4.92. The zero-order chi connectivity index (χ0) is 13.2.